The molecule has 0 bridgehead atoms. The second-order valence-corrected chi connectivity index (χ2v) is 7.42. The van der Waals surface area contributed by atoms with Crippen molar-refractivity contribution in [3.8, 4) is 0 Å². The summed E-state index contributed by atoms with van der Waals surface area (Å²) < 4.78 is 0. The number of aromatic nitrogens is 2. The zero-order valence-electron chi connectivity index (χ0n) is 12.8. The van der Waals surface area contributed by atoms with E-state index in [0.717, 1.165) is 51.7 Å². The molecule has 2 aliphatic rings. The minimum atomic E-state index is 0.362. The van der Waals surface area contributed by atoms with Crippen molar-refractivity contribution in [1.82, 2.24) is 15.3 Å². The SMILES string of the molecule is Cc1c(Cl)ccc2[nH]c([C@H]3NC[C@@H](C)C3[C@H]3CC3C)nc12. The summed E-state index contributed by atoms with van der Waals surface area (Å²) in [5.41, 5.74) is 3.18. The molecule has 2 N–H and O–H groups in total. The summed E-state index contributed by atoms with van der Waals surface area (Å²) in [6.45, 7) is 7.87. The summed E-state index contributed by atoms with van der Waals surface area (Å²) >= 11 is 6.22. The Kier molecular flexibility index (Phi) is 3.05. The van der Waals surface area contributed by atoms with Gasteiger partial charge in [-0.1, -0.05) is 25.4 Å². The van der Waals surface area contributed by atoms with Crippen molar-refractivity contribution in [2.75, 3.05) is 6.54 Å². The largest absolute Gasteiger partial charge is 0.341 e. The van der Waals surface area contributed by atoms with Crippen LogP contribution >= 0.6 is 11.6 Å². The molecule has 5 atom stereocenters. The first-order valence-electron chi connectivity index (χ1n) is 7.94. The lowest BCUT2D eigenvalue weighted by atomic mass is 9.86. The van der Waals surface area contributed by atoms with E-state index in [1.165, 1.54) is 6.42 Å². The maximum atomic E-state index is 6.22. The Bertz CT molecular complexity index is 693. The number of hydrogen-bond acceptors (Lipinski definition) is 2. The summed E-state index contributed by atoms with van der Waals surface area (Å²) in [6.07, 6.45) is 1.37. The van der Waals surface area contributed by atoms with Crippen LogP contribution in [0.1, 0.15) is 37.7 Å². The number of imidazole rings is 1. The van der Waals surface area contributed by atoms with Gasteiger partial charge in [-0.3, -0.25) is 0 Å². The first kappa shape index (κ1) is 13.6. The highest BCUT2D eigenvalue weighted by Crippen LogP contribution is 2.52. The first-order chi connectivity index (χ1) is 10.1. The van der Waals surface area contributed by atoms with Crippen LogP contribution in [0.2, 0.25) is 5.02 Å². The van der Waals surface area contributed by atoms with Crippen molar-refractivity contribution in [3.05, 3.63) is 28.5 Å². The third-order valence-electron chi connectivity index (χ3n) is 5.52. The van der Waals surface area contributed by atoms with E-state index in [-0.39, 0.29) is 0 Å². The number of nitrogens with zero attached hydrogens (tertiary/aromatic N) is 1. The summed E-state index contributed by atoms with van der Waals surface area (Å²) in [7, 11) is 0. The number of benzene rings is 1. The number of aryl methyl sites for hydroxylation is 1. The molecular weight excluding hydrogens is 282 g/mol. The van der Waals surface area contributed by atoms with E-state index in [1.807, 2.05) is 19.1 Å². The molecule has 112 valence electrons. The van der Waals surface area contributed by atoms with Gasteiger partial charge in [0, 0.05) is 5.02 Å². The minimum Gasteiger partial charge on any atom is -0.341 e. The normalized spacial score (nSPS) is 35.5. The highest BCUT2D eigenvalue weighted by molar-refractivity contribution is 6.32. The second kappa shape index (κ2) is 4.72. The predicted molar refractivity (Wildman–Crippen MR) is 86.5 cm³/mol. The quantitative estimate of drug-likeness (QED) is 0.878. The number of aromatic amines is 1. The Morgan fingerprint density at radius 2 is 2.00 bits per heavy atom. The second-order valence-electron chi connectivity index (χ2n) is 7.01. The molecule has 2 unspecified atom stereocenters. The van der Waals surface area contributed by atoms with Crippen molar-refractivity contribution in [2.24, 2.45) is 23.7 Å². The van der Waals surface area contributed by atoms with Gasteiger partial charge in [-0.15, -0.1) is 0 Å². The lowest BCUT2D eigenvalue weighted by Crippen LogP contribution is -2.21. The molecule has 0 radical (unpaired) electrons. The monoisotopic (exact) mass is 303 g/mol. The Labute approximate surface area is 130 Å². The molecule has 21 heavy (non-hydrogen) atoms. The van der Waals surface area contributed by atoms with Crippen LogP contribution in [0.15, 0.2) is 12.1 Å². The summed E-state index contributed by atoms with van der Waals surface area (Å²) in [5, 5.41) is 4.48. The zero-order chi connectivity index (χ0) is 14.7. The molecule has 3 nitrogen and oxygen atoms in total. The summed E-state index contributed by atoms with van der Waals surface area (Å²) in [4.78, 5) is 8.39. The van der Waals surface area contributed by atoms with Gasteiger partial charge in [0.15, 0.2) is 0 Å². The van der Waals surface area contributed by atoms with Crippen molar-refractivity contribution in [1.29, 1.82) is 0 Å². The molecule has 1 saturated carbocycles. The average molecular weight is 304 g/mol. The molecule has 4 heteroatoms. The molecule has 1 aliphatic heterocycles. The van der Waals surface area contributed by atoms with Crippen LogP contribution < -0.4 is 5.32 Å². The topological polar surface area (TPSA) is 40.7 Å². The van der Waals surface area contributed by atoms with E-state index in [4.69, 9.17) is 16.6 Å². The highest BCUT2D eigenvalue weighted by atomic mass is 35.5. The lowest BCUT2D eigenvalue weighted by molar-refractivity contribution is 0.321. The van der Waals surface area contributed by atoms with Crippen LogP contribution in [0.5, 0.6) is 0 Å². The van der Waals surface area contributed by atoms with Crippen LogP contribution in [0, 0.1) is 30.6 Å². The number of rotatable bonds is 2. The zero-order valence-corrected chi connectivity index (χ0v) is 13.5. The Balaban J connectivity index is 1.74. The minimum absolute atomic E-state index is 0.362. The van der Waals surface area contributed by atoms with Gasteiger partial charge in [-0.05, 0) is 61.3 Å². The van der Waals surface area contributed by atoms with Gasteiger partial charge in [0.2, 0.25) is 0 Å². The molecule has 2 fully saturated rings. The van der Waals surface area contributed by atoms with E-state index in [2.05, 4.69) is 24.1 Å². The number of H-pyrrole nitrogens is 1. The van der Waals surface area contributed by atoms with Crippen molar-refractivity contribution in [3.63, 3.8) is 0 Å². The van der Waals surface area contributed by atoms with Crippen LogP contribution in [-0.2, 0) is 0 Å². The van der Waals surface area contributed by atoms with Crippen molar-refractivity contribution in [2.45, 2.75) is 33.2 Å². The molecule has 1 aromatic carbocycles. The number of fused-ring (bicyclic) bond motifs is 1. The van der Waals surface area contributed by atoms with E-state index >= 15 is 0 Å². The van der Waals surface area contributed by atoms with Crippen LogP contribution in [0.4, 0.5) is 0 Å². The van der Waals surface area contributed by atoms with Crippen LogP contribution in [0.25, 0.3) is 11.0 Å². The van der Waals surface area contributed by atoms with Crippen molar-refractivity contribution >= 4 is 22.6 Å². The van der Waals surface area contributed by atoms with Crippen molar-refractivity contribution < 1.29 is 0 Å². The van der Waals surface area contributed by atoms with E-state index in [0.29, 0.717) is 12.0 Å². The van der Waals surface area contributed by atoms with E-state index in [9.17, 15) is 0 Å². The molecule has 1 aromatic heterocycles. The number of hydrogen-bond donors (Lipinski definition) is 2. The predicted octanol–water partition coefficient (Wildman–Crippen LogP) is 4.08. The van der Waals surface area contributed by atoms with Crippen LogP contribution in [0.3, 0.4) is 0 Å². The van der Waals surface area contributed by atoms with Crippen LogP contribution in [-0.4, -0.2) is 16.5 Å². The van der Waals surface area contributed by atoms with Gasteiger partial charge in [-0.25, -0.2) is 4.98 Å². The summed E-state index contributed by atoms with van der Waals surface area (Å²) in [6, 6.07) is 4.35. The third-order valence-corrected chi connectivity index (χ3v) is 5.93. The van der Waals surface area contributed by atoms with Gasteiger partial charge >= 0.3 is 0 Å². The maximum Gasteiger partial charge on any atom is 0.124 e. The van der Waals surface area contributed by atoms with Gasteiger partial charge in [-0.2, -0.15) is 0 Å². The molecule has 1 saturated heterocycles. The van der Waals surface area contributed by atoms with E-state index < -0.39 is 0 Å². The standard InChI is InChI=1S/C17H22ClN3/c1-8-6-11(8)14-9(2)7-19-16(14)17-20-13-5-4-12(18)10(3)15(13)21-17/h4-5,8-9,11,14,16,19H,6-7H2,1-3H3,(H,20,21)/t8?,9-,11+,14?,16+/m1/s1. The fourth-order valence-corrected chi connectivity index (χ4v) is 4.26. The van der Waals surface area contributed by atoms with Gasteiger partial charge in [0.05, 0.1) is 17.1 Å². The molecule has 0 amide bonds. The Morgan fingerprint density at radius 3 is 2.71 bits per heavy atom. The lowest BCUT2D eigenvalue weighted by Gasteiger charge is -2.20. The highest BCUT2D eigenvalue weighted by Gasteiger charge is 2.49. The summed E-state index contributed by atoms with van der Waals surface area (Å²) in [5.74, 6) is 4.25. The molecule has 2 aromatic rings. The molecule has 4 rings (SSSR count). The molecule has 0 spiro atoms. The maximum absolute atomic E-state index is 6.22. The molecule has 2 heterocycles. The van der Waals surface area contributed by atoms with Gasteiger partial charge < -0.3 is 10.3 Å². The van der Waals surface area contributed by atoms with Gasteiger partial charge in [0.1, 0.15) is 5.82 Å². The first-order valence-corrected chi connectivity index (χ1v) is 8.32. The Morgan fingerprint density at radius 1 is 1.24 bits per heavy atom. The van der Waals surface area contributed by atoms with Gasteiger partial charge in [0.25, 0.3) is 0 Å². The van der Waals surface area contributed by atoms with E-state index in [1.54, 1.807) is 0 Å². The smallest absolute Gasteiger partial charge is 0.124 e. The average Bonchev–Trinajstić information content (AvgIpc) is 2.89. The molecular formula is C17H22ClN3. The number of nitrogens with one attached hydrogen (secondary N) is 2. The number of halogens is 1. The Hall–Kier alpha value is -1.06. The third kappa shape index (κ3) is 2.09. The fraction of sp³-hybridized carbons (Fsp3) is 0.588. The molecule has 1 aliphatic carbocycles. The fourth-order valence-electron chi connectivity index (χ4n) is 4.10.